The van der Waals surface area contributed by atoms with Gasteiger partial charge in [-0.25, -0.2) is 10.3 Å². The molecule has 3 amide bonds. The molecule has 0 radical (unpaired) electrons. The highest BCUT2D eigenvalue weighted by Crippen LogP contribution is 2.30. The Hall–Kier alpha value is -1.96. The van der Waals surface area contributed by atoms with Crippen LogP contribution >= 0.6 is 0 Å². The zero-order chi connectivity index (χ0) is 18.6. The second kappa shape index (κ2) is 7.95. The first kappa shape index (κ1) is 19.4. The number of nitrogens with one attached hydrogen (secondary N) is 1. The van der Waals surface area contributed by atoms with Crippen molar-refractivity contribution < 1.29 is 31.7 Å². The van der Waals surface area contributed by atoms with E-state index >= 15 is 0 Å². The third-order valence-corrected chi connectivity index (χ3v) is 3.96. The molecule has 0 aromatic carbocycles. The Balaban J connectivity index is 1.83. The number of nitrogens with zero attached hydrogens (tertiary/aromatic N) is 4. The summed E-state index contributed by atoms with van der Waals surface area (Å²) in [5.74, 6) is -0.517. The van der Waals surface area contributed by atoms with Crippen molar-refractivity contribution in [3.8, 4) is 0 Å². The highest BCUT2D eigenvalue weighted by molar-refractivity contribution is 7.80. The number of hydrogen-bond donors (Lipinski definition) is 2. The van der Waals surface area contributed by atoms with Gasteiger partial charge in [0.1, 0.15) is 6.04 Å². The van der Waals surface area contributed by atoms with Crippen LogP contribution < -0.4 is 5.48 Å². The molecule has 2 rings (SSSR count). The van der Waals surface area contributed by atoms with Crippen molar-refractivity contribution in [1.82, 2.24) is 20.3 Å². The summed E-state index contributed by atoms with van der Waals surface area (Å²) in [6, 6.07) is -2.14. The van der Waals surface area contributed by atoms with Gasteiger partial charge in [-0.2, -0.15) is 13.5 Å². The molecule has 0 aromatic rings. The van der Waals surface area contributed by atoms with Crippen LogP contribution in [0.2, 0.25) is 0 Å². The summed E-state index contributed by atoms with van der Waals surface area (Å²) < 4.78 is 34.6. The molecule has 0 aliphatic carbocycles. The first-order valence-electron chi connectivity index (χ1n) is 7.54. The van der Waals surface area contributed by atoms with Gasteiger partial charge in [0.2, 0.25) is 0 Å². The van der Waals surface area contributed by atoms with E-state index in [1.54, 1.807) is 11.2 Å². The Labute approximate surface area is 145 Å². The van der Waals surface area contributed by atoms with Crippen LogP contribution in [0.1, 0.15) is 12.8 Å². The smallest absolute Gasteiger partial charge is 0.369 e. The lowest BCUT2D eigenvalue weighted by molar-refractivity contribution is -0.138. The zero-order valence-corrected chi connectivity index (χ0v) is 14.7. The molecule has 0 unspecified atom stereocenters. The highest BCUT2D eigenvalue weighted by atomic mass is 32.3. The molecule has 2 saturated heterocycles. The monoisotopic (exact) mass is 379 g/mol. The van der Waals surface area contributed by atoms with Gasteiger partial charge in [-0.3, -0.25) is 19.2 Å². The largest absolute Gasteiger partial charge is 0.418 e. The quantitative estimate of drug-likeness (QED) is 0.173. The van der Waals surface area contributed by atoms with Gasteiger partial charge >= 0.3 is 16.4 Å². The number of carbonyl (C=O) groups is 2. The van der Waals surface area contributed by atoms with Crippen molar-refractivity contribution in [3.05, 3.63) is 0 Å². The Morgan fingerprint density at radius 1 is 1.48 bits per heavy atom. The van der Waals surface area contributed by atoms with Crippen molar-refractivity contribution in [2.75, 3.05) is 33.8 Å². The van der Waals surface area contributed by atoms with E-state index in [9.17, 15) is 18.0 Å². The molecular weight excluding hydrogens is 358 g/mol. The van der Waals surface area contributed by atoms with Crippen LogP contribution in [0.25, 0.3) is 0 Å². The summed E-state index contributed by atoms with van der Waals surface area (Å²) in [5, 5.41) is 0.583. The Bertz CT molecular complexity index is 638. The second-order valence-electron chi connectivity index (χ2n) is 5.81. The molecular formula is C12H21N5O7S. The third-order valence-electron chi connectivity index (χ3n) is 3.61. The van der Waals surface area contributed by atoms with E-state index in [-0.39, 0.29) is 13.2 Å². The first-order chi connectivity index (χ1) is 11.7. The maximum Gasteiger partial charge on any atom is 0.418 e. The molecule has 2 heterocycles. The Morgan fingerprint density at radius 3 is 2.84 bits per heavy atom. The Kier molecular flexibility index (Phi) is 6.16. The van der Waals surface area contributed by atoms with E-state index in [1.807, 2.05) is 14.1 Å². The van der Waals surface area contributed by atoms with E-state index in [0.717, 1.165) is 0 Å². The number of urea groups is 1. The lowest BCUT2D eigenvalue weighted by atomic mass is 10.0. The van der Waals surface area contributed by atoms with Crippen LogP contribution in [0.4, 0.5) is 4.79 Å². The highest BCUT2D eigenvalue weighted by Gasteiger charge is 2.49. The van der Waals surface area contributed by atoms with Crippen molar-refractivity contribution >= 4 is 28.7 Å². The Morgan fingerprint density at radius 2 is 2.20 bits per heavy atom. The van der Waals surface area contributed by atoms with Crippen LogP contribution in [0.3, 0.4) is 0 Å². The fourth-order valence-electron chi connectivity index (χ4n) is 2.61. The van der Waals surface area contributed by atoms with E-state index in [0.29, 0.717) is 24.4 Å². The fraction of sp³-hybridized carbons (Fsp3) is 0.750. The van der Waals surface area contributed by atoms with Crippen molar-refractivity contribution in [3.63, 3.8) is 0 Å². The van der Waals surface area contributed by atoms with Crippen LogP contribution in [0.15, 0.2) is 4.99 Å². The molecule has 0 aromatic heterocycles. The molecule has 0 spiro atoms. The lowest BCUT2D eigenvalue weighted by Gasteiger charge is -2.28. The number of rotatable bonds is 8. The van der Waals surface area contributed by atoms with E-state index in [1.165, 1.54) is 4.90 Å². The van der Waals surface area contributed by atoms with Crippen molar-refractivity contribution in [2.45, 2.75) is 24.9 Å². The van der Waals surface area contributed by atoms with Crippen LogP contribution in [-0.2, 0) is 24.3 Å². The predicted molar refractivity (Wildman–Crippen MR) is 84.5 cm³/mol. The van der Waals surface area contributed by atoms with Gasteiger partial charge in [-0.1, -0.05) is 0 Å². The van der Waals surface area contributed by atoms with E-state index in [4.69, 9.17) is 9.39 Å². The topological polar surface area (TPSA) is 141 Å². The standard InChI is InChI=1S/C12H21N5O7S/c1-15(2)8-13-5-6-23-14-11(18)10-4-3-9-7-16(10)12(19)17(9)24-25(20,21)22/h8-10H,3-7H2,1-2H3,(H,14,18)(H,20,21,22)/t9-,10+/m1/s1. The number of amides is 3. The number of piperidine rings is 1. The minimum absolute atomic E-state index is 0.125. The summed E-state index contributed by atoms with van der Waals surface area (Å²) >= 11 is 0. The van der Waals surface area contributed by atoms with Crippen LogP contribution in [0, 0.1) is 0 Å². The van der Waals surface area contributed by atoms with E-state index < -0.39 is 34.4 Å². The van der Waals surface area contributed by atoms with Crippen molar-refractivity contribution in [1.29, 1.82) is 0 Å². The molecule has 142 valence electrons. The SMILES string of the molecule is CN(C)C=NCCONC(=O)[C@@H]1CC[C@@H]2CN1C(=O)N2OS(=O)(=O)O. The second-order valence-corrected chi connectivity index (χ2v) is 6.81. The van der Waals surface area contributed by atoms with Gasteiger partial charge in [0, 0.05) is 20.6 Å². The minimum atomic E-state index is -4.81. The summed E-state index contributed by atoms with van der Waals surface area (Å²) in [6.45, 7) is 0.640. The van der Waals surface area contributed by atoms with Gasteiger partial charge in [-0.05, 0) is 12.8 Å². The van der Waals surface area contributed by atoms with Gasteiger partial charge in [0.15, 0.2) is 0 Å². The molecule has 13 heteroatoms. The molecule has 0 saturated carbocycles. The zero-order valence-electron chi connectivity index (χ0n) is 13.9. The number of hydroxylamine groups is 3. The summed E-state index contributed by atoms with van der Waals surface area (Å²) in [6.07, 6.45) is 2.28. The van der Waals surface area contributed by atoms with Crippen LogP contribution in [-0.4, -0.2) is 92.0 Å². The normalized spacial score (nSPS) is 23.4. The molecule has 2 N–H and O–H groups in total. The van der Waals surface area contributed by atoms with Gasteiger partial charge in [0.05, 0.1) is 25.5 Å². The van der Waals surface area contributed by atoms with Crippen molar-refractivity contribution in [2.24, 2.45) is 4.99 Å². The maximum absolute atomic E-state index is 12.2. The summed E-state index contributed by atoms with van der Waals surface area (Å²) in [4.78, 5) is 36.3. The average molecular weight is 379 g/mol. The number of aliphatic imine (C=N–C) groups is 1. The third kappa shape index (κ3) is 5.26. The molecule has 2 aliphatic rings. The fourth-order valence-corrected chi connectivity index (χ4v) is 3.00. The lowest BCUT2D eigenvalue weighted by Crippen LogP contribution is -2.49. The average Bonchev–Trinajstić information content (AvgIpc) is 2.74. The number of fused-ring (bicyclic) bond motifs is 2. The first-order valence-corrected chi connectivity index (χ1v) is 8.90. The summed E-state index contributed by atoms with van der Waals surface area (Å²) in [7, 11) is -1.16. The molecule has 25 heavy (non-hydrogen) atoms. The molecule has 2 aliphatic heterocycles. The number of hydrogen-bond acceptors (Lipinski definition) is 7. The molecule has 2 atom stereocenters. The molecule has 2 fully saturated rings. The van der Waals surface area contributed by atoms with Crippen LogP contribution in [0.5, 0.6) is 0 Å². The summed E-state index contributed by atoms with van der Waals surface area (Å²) in [5.41, 5.74) is 2.26. The molecule has 2 bridgehead atoms. The van der Waals surface area contributed by atoms with Gasteiger partial charge in [0.25, 0.3) is 5.91 Å². The predicted octanol–water partition coefficient (Wildman–Crippen LogP) is -1.37. The molecule has 12 nitrogen and oxygen atoms in total. The number of carbonyl (C=O) groups excluding carboxylic acids is 2. The minimum Gasteiger partial charge on any atom is -0.369 e. The van der Waals surface area contributed by atoms with Gasteiger partial charge < -0.3 is 9.80 Å². The van der Waals surface area contributed by atoms with Gasteiger partial charge in [-0.15, -0.1) is 4.28 Å². The van der Waals surface area contributed by atoms with E-state index in [2.05, 4.69) is 14.8 Å². The maximum atomic E-state index is 12.2.